The molecule has 0 radical (unpaired) electrons. The third-order valence-electron chi connectivity index (χ3n) is 1.99. The summed E-state index contributed by atoms with van der Waals surface area (Å²) >= 11 is 1.58. The van der Waals surface area contributed by atoms with Crippen molar-refractivity contribution in [2.45, 2.75) is 25.3 Å². The Morgan fingerprint density at radius 2 is 2.08 bits per heavy atom. The van der Waals surface area contributed by atoms with Crippen LogP contribution in [-0.2, 0) is 12.8 Å². The molecule has 2 rings (SSSR count). The topological polar surface area (TPSA) is 64.9 Å². The molecule has 0 aliphatic heterocycles. The summed E-state index contributed by atoms with van der Waals surface area (Å²) in [6.45, 7) is 0. The molecule has 0 amide bonds. The molecule has 0 fully saturated rings. The molecule has 1 aromatic rings. The number of rotatable bonds is 0. The summed E-state index contributed by atoms with van der Waals surface area (Å²) in [5.41, 5.74) is 12.5. The first kappa shape index (κ1) is 13.4. The molecule has 0 bridgehead atoms. The number of hydrogen-bond acceptors (Lipinski definition) is 4. The lowest BCUT2D eigenvalue weighted by molar-refractivity contribution is 0.576. The van der Waals surface area contributed by atoms with E-state index in [-0.39, 0.29) is 34.0 Å². The van der Waals surface area contributed by atoms with E-state index in [1.807, 2.05) is 0 Å². The summed E-state index contributed by atoms with van der Waals surface area (Å²) in [4.78, 5) is 5.52. The number of aryl methyl sites for hydroxylation is 1. The Labute approximate surface area is 102 Å². The van der Waals surface area contributed by atoms with E-state index in [4.69, 9.17) is 11.5 Å². The first-order chi connectivity index (χ1) is 5.25. The molecule has 1 atom stereocenters. The fourth-order valence-corrected chi connectivity index (χ4v) is 2.39. The molecular weight excluding hydrogens is 318 g/mol. The Hall–Kier alpha value is 0.350. The van der Waals surface area contributed by atoms with Crippen molar-refractivity contribution >= 4 is 50.4 Å². The van der Waals surface area contributed by atoms with Crippen molar-refractivity contribution in [3.8, 4) is 0 Å². The average molecular weight is 331 g/mol. The number of halogens is 2. The first-order valence-electron chi connectivity index (χ1n) is 3.75. The molecule has 0 aromatic carbocycles. The van der Waals surface area contributed by atoms with Gasteiger partial charge in [-0.05, 0) is 19.3 Å². The SMILES string of the molecule is Br.Br.Nc1nc2c(s1)CC(N)CC2. The summed E-state index contributed by atoms with van der Waals surface area (Å²) in [6, 6.07) is 0.322. The molecule has 4 N–H and O–H groups in total. The van der Waals surface area contributed by atoms with Gasteiger partial charge in [-0.1, -0.05) is 0 Å². The third-order valence-corrected chi connectivity index (χ3v) is 2.94. The minimum absolute atomic E-state index is 0. The summed E-state index contributed by atoms with van der Waals surface area (Å²) in [5, 5.41) is 0.684. The molecule has 0 saturated carbocycles. The molecule has 0 spiro atoms. The Balaban J connectivity index is 0.000000720. The van der Waals surface area contributed by atoms with Crippen molar-refractivity contribution in [2.75, 3.05) is 5.73 Å². The van der Waals surface area contributed by atoms with Crippen molar-refractivity contribution in [1.29, 1.82) is 0 Å². The smallest absolute Gasteiger partial charge is 0.180 e. The van der Waals surface area contributed by atoms with E-state index in [1.165, 1.54) is 10.6 Å². The Kier molecular flexibility index (Phi) is 5.43. The zero-order valence-corrected chi connectivity index (χ0v) is 11.3. The number of nitrogens with two attached hydrogens (primary N) is 2. The van der Waals surface area contributed by atoms with Gasteiger partial charge in [0.25, 0.3) is 0 Å². The van der Waals surface area contributed by atoms with Gasteiger partial charge in [0, 0.05) is 10.9 Å². The van der Waals surface area contributed by atoms with Gasteiger partial charge in [-0.3, -0.25) is 0 Å². The van der Waals surface area contributed by atoms with Crippen molar-refractivity contribution < 1.29 is 0 Å². The predicted octanol–water partition coefficient (Wildman–Crippen LogP) is 1.70. The van der Waals surface area contributed by atoms with Crippen LogP contribution in [0, 0.1) is 0 Å². The molecule has 0 saturated heterocycles. The average Bonchev–Trinajstić information content (AvgIpc) is 2.27. The lowest BCUT2D eigenvalue weighted by atomic mass is 9.99. The van der Waals surface area contributed by atoms with E-state index in [0.29, 0.717) is 11.2 Å². The molecule has 76 valence electrons. The van der Waals surface area contributed by atoms with E-state index in [0.717, 1.165) is 19.3 Å². The minimum atomic E-state index is 0. The molecular formula is C7H13Br2N3S. The second-order valence-corrected chi connectivity index (χ2v) is 4.04. The number of nitrogen functional groups attached to an aromatic ring is 1. The molecule has 1 unspecified atom stereocenters. The van der Waals surface area contributed by atoms with Crippen LogP contribution >= 0.6 is 45.3 Å². The van der Waals surface area contributed by atoms with Crippen LogP contribution in [-0.4, -0.2) is 11.0 Å². The molecule has 1 heterocycles. The maximum atomic E-state index is 5.80. The molecule has 6 heteroatoms. The monoisotopic (exact) mass is 329 g/mol. The summed E-state index contributed by atoms with van der Waals surface area (Å²) < 4.78 is 0. The van der Waals surface area contributed by atoms with Gasteiger partial charge in [0.05, 0.1) is 5.69 Å². The van der Waals surface area contributed by atoms with Crippen molar-refractivity contribution in [1.82, 2.24) is 4.98 Å². The fourth-order valence-electron chi connectivity index (χ4n) is 1.42. The number of aromatic nitrogens is 1. The van der Waals surface area contributed by atoms with Gasteiger partial charge >= 0.3 is 0 Å². The highest BCUT2D eigenvalue weighted by Gasteiger charge is 2.18. The van der Waals surface area contributed by atoms with Crippen LogP contribution in [0.1, 0.15) is 17.0 Å². The van der Waals surface area contributed by atoms with Crippen LogP contribution < -0.4 is 11.5 Å². The van der Waals surface area contributed by atoms with Crippen molar-refractivity contribution in [3.05, 3.63) is 10.6 Å². The van der Waals surface area contributed by atoms with Crippen LogP contribution in [0.2, 0.25) is 0 Å². The van der Waals surface area contributed by atoms with Crippen LogP contribution in [0.5, 0.6) is 0 Å². The van der Waals surface area contributed by atoms with E-state index >= 15 is 0 Å². The van der Waals surface area contributed by atoms with Gasteiger partial charge in [-0.2, -0.15) is 0 Å². The van der Waals surface area contributed by atoms with E-state index in [1.54, 1.807) is 11.3 Å². The Bertz CT molecular complexity index is 277. The van der Waals surface area contributed by atoms with E-state index in [9.17, 15) is 0 Å². The number of hydrogen-bond donors (Lipinski definition) is 2. The normalized spacial score (nSPS) is 19.6. The van der Waals surface area contributed by atoms with E-state index in [2.05, 4.69) is 4.98 Å². The predicted molar refractivity (Wildman–Crippen MR) is 67.2 cm³/mol. The minimum Gasteiger partial charge on any atom is -0.375 e. The molecule has 3 nitrogen and oxygen atoms in total. The van der Waals surface area contributed by atoms with Gasteiger partial charge in [0.15, 0.2) is 5.13 Å². The standard InChI is InChI=1S/C7H11N3S.2BrH/c8-4-1-2-5-6(3-4)11-7(9)10-5;;/h4H,1-3,8H2,(H2,9,10);2*1H. The zero-order valence-electron chi connectivity index (χ0n) is 7.03. The number of nitrogens with zero attached hydrogens (tertiary/aromatic N) is 1. The largest absolute Gasteiger partial charge is 0.375 e. The zero-order chi connectivity index (χ0) is 7.84. The highest BCUT2D eigenvalue weighted by molar-refractivity contribution is 8.93. The number of anilines is 1. The highest BCUT2D eigenvalue weighted by atomic mass is 79.9. The van der Waals surface area contributed by atoms with Crippen LogP contribution in [0.3, 0.4) is 0 Å². The number of fused-ring (bicyclic) bond motifs is 1. The summed E-state index contributed by atoms with van der Waals surface area (Å²) in [5.74, 6) is 0. The highest BCUT2D eigenvalue weighted by Crippen LogP contribution is 2.27. The third kappa shape index (κ3) is 2.90. The van der Waals surface area contributed by atoms with E-state index < -0.39 is 0 Å². The lowest BCUT2D eigenvalue weighted by Crippen LogP contribution is -2.26. The van der Waals surface area contributed by atoms with Gasteiger partial charge in [-0.15, -0.1) is 45.3 Å². The summed E-state index contributed by atoms with van der Waals surface area (Å²) in [6.07, 6.45) is 3.02. The number of thiazole rings is 1. The Morgan fingerprint density at radius 1 is 1.38 bits per heavy atom. The van der Waals surface area contributed by atoms with Gasteiger partial charge in [0.1, 0.15) is 0 Å². The maximum absolute atomic E-state index is 5.80. The maximum Gasteiger partial charge on any atom is 0.180 e. The quantitative estimate of drug-likeness (QED) is 0.761. The van der Waals surface area contributed by atoms with Gasteiger partial charge in [-0.25, -0.2) is 4.98 Å². The molecule has 13 heavy (non-hydrogen) atoms. The van der Waals surface area contributed by atoms with Crippen LogP contribution in [0.4, 0.5) is 5.13 Å². The summed E-state index contributed by atoms with van der Waals surface area (Å²) in [7, 11) is 0. The molecule has 1 aliphatic rings. The van der Waals surface area contributed by atoms with Gasteiger partial charge in [0.2, 0.25) is 0 Å². The first-order valence-corrected chi connectivity index (χ1v) is 4.57. The molecule has 1 aliphatic carbocycles. The second kappa shape index (κ2) is 5.29. The second-order valence-electron chi connectivity index (χ2n) is 2.92. The fraction of sp³-hybridized carbons (Fsp3) is 0.571. The van der Waals surface area contributed by atoms with Gasteiger partial charge < -0.3 is 11.5 Å². The Morgan fingerprint density at radius 3 is 2.77 bits per heavy atom. The van der Waals surface area contributed by atoms with Crippen molar-refractivity contribution in [2.24, 2.45) is 5.73 Å². The van der Waals surface area contributed by atoms with Crippen LogP contribution in [0.25, 0.3) is 0 Å². The van der Waals surface area contributed by atoms with Crippen LogP contribution in [0.15, 0.2) is 0 Å². The van der Waals surface area contributed by atoms with Crippen molar-refractivity contribution in [3.63, 3.8) is 0 Å². The lowest BCUT2D eigenvalue weighted by Gasteiger charge is -2.15. The molecule has 1 aromatic heterocycles.